The van der Waals surface area contributed by atoms with Crippen LogP contribution in [0.15, 0.2) is 0 Å². The minimum absolute atomic E-state index is 0.762. The van der Waals surface area contributed by atoms with Crippen LogP contribution < -0.4 is 0 Å². The molecule has 0 bridgehead atoms. The van der Waals surface area contributed by atoms with E-state index >= 15 is 0 Å². The largest absolute Gasteiger partial charge is 0.305 e. The molecule has 0 aromatic carbocycles. The van der Waals surface area contributed by atoms with Crippen molar-refractivity contribution in [2.45, 2.75) is 18.9 Å². The number of likely N-dealkylation sites (tertiary alicyclic amines) is 1. The van der Waals surface area contributed by atoms with Crippen LogP contribution in [0.25, 0.3) is 0 Å². The molecule has 3 heteroatoms. The summed E-state index contributed by atoms with van der Waals surface area (Å²) in [6.45, 7) is 3.61. The molecule has 0 aliphatic carbocycles. The first-order valence-corrected chi connectivity index (χ1v) is 5.22. The summed E-state index contributed by atoms with van der Waals surface area (Å²) in [7, 11) is 4.39. The van der Waals surface area contributed by atoms with Crippen LogP contribution in [0.3, 0.4) is 0 Å². The topological polar surface area (TPSA) is 6.48 Å². The zero-order valence-electron chi connectivity index (χ0n) is 8.09. The van der Waals surface area contributed by atoms with E-state index in [1.165, 1.54) is 19.5 Å². The quantitative estimate of drug-likeness (QED) is 0.616. The van der Waals surface area contributed by atoms with Gasteiger partial charge in [0, 0.05) is 18.5 Å². The highest BCUT2D eigenvalue weighted by Crippen LogP contribution is 2.12. The summed E-state index contributed by atoms with van der Waals surface area (Å²) in [5.41, 5.74) is 0. The van der Waals surface area contributed by atoms with Crippen molar-refractivity contribution >= 4 is 11.6 Å². The van der Waals surface area contributed by atoms with Crippen molar-refractivity contribution in [3.8, 4) is 0 Å². The Kier molecular flexibility index (Phi) is 4.33. The summed E-state index contributed by atoms with van der Waals surface area (Å²) in [6.07, 6.45) is 2.42. The van der Waals surface area contributed by atoms with Crippen LogP contribution in [-0.4, -0.2) is 55.5 Å². The predicted molar refractivity (Wildman–Crippen MR) is 53.9 cm³/mol. The van der Waals surface area contributed by atoms with Gasteiger partial charge < -0.3 is 9.80 Å². The Bertz CT molecular complexity index is 130. The predicted octanol–water partition coefficient (Wildman–Crippen LogP) is 1.25. The second-order valence-electron chi connectivity index (χ2n) is 3.73. The molecule has 1 atom stereocenters. The molecule has 0 radical (unpaired) electrons. The average molecular weight is 191 g/mol. The maximum absolute atomic E-state index is 5.64. The second kappa shape index (κ2) is 5.05. The third kappa shape index (κ3) is 2.92. The molecule has 0 aromatic heterocycles. The Hall–Kier alpha value is 0.210. The number of hydrogen-bond acceptors (Lipinski definition) is 2. The third-order valence-electron chi connectivity index (χ3n) is 2.63. The molecular weight excluding hydrogens is 172 g/mol. The van der Waals surface area contributed by atoms with E-state index in [9.17, 15) is 0 Å². The molecular formula is C9H19ClN2. The molecule has 1 heterocycles. The van der Waals surface area contributed by atoms with Gasteiger partial charge in [-0.15, -0.1) is 11.6 Å². The van der Waals surface area contributed by atoms with Crippen molar-refractivity contribution in [1.82, 2.24) is 9.80 Å². The normalized spacial score (nSPS) is 25.5. The summed E-state index contributed by atoms with van der Waals surface area (Å²) < 4.78 is 0. The molecule has 1 aliphatic rings. The fourth-order valence-electron chi connectivity index (χ4n) is 1.76. The van der Waals surface area contributed by atoms with Crippen molar-refractivity contribution < 1.29 is 0 Å². The van der Waals surface area contributed by atoms with Gasteiger partial charge in [-0.05, 0) is 40.0 Å². The van der Waals surface area contributed by atoms with Crippen LogP contribution in [-0.2, 0) is 0 Å². The fraction of sp³-hybridized carbons (Fsp3) is 1.00. The van der Waals surface area contributed by atoms with Gasteiger partial charge in [0.15, 0.2) is 0 Å². The van der Waals surface area contributed by atoms with Crippen LogP contribution in [0.2, 0.25) is 0 Å². The van der Waals surface area contributed by atoms with E-state index in [-0.39, 0.29) is 0 Å². The molecule has 2 nitrogen and oxygen atoms in total. The summed E-state index contributed by atoms with van der Waals surface area (Å²) in [5, 5.41) is 0. The molecule has 0 amide bonds. The van der Waals surface area contributed by atoms with E-state index in [1.807, 2.05) is 0 Å². The lowest BCUT2D eigenvalue weighted by Gasteiger charge is -2.23. The van der Waals surface area contributed by atoms with Crippen LogP contribution in [0.5, 0.6) is 0 Å². The number of halogens is 1. The fourth-order valence-corrected chi connectivity index (χ4v) is 1.88. The Morgan fingerprint density at radius 3 is 2.83 bits per heavy atom. The van der Waals surface area contributed by atoms with Gasteiger partial charge in [-0.3, -0.25) is 0 Å². The van der Waals surface area contributed by atoms with E-state index in [2.05, 4.69) is 23.9 Å². The van der Waals surface area contributed by atoms with Crippen LogP contribution in [0, 0.1) is 0 Å². The van der Waals surface area contributed by atoms with Gasteiger partial charge in [0.2, 0.25) is 0 Å². The summed E-state index contributed by atoms with van der Waals surface area (Å²) in [5.74, 6) is 0.785. The van der Waals surface area contributed by atoms with E-state index in [0.29, 0.717) is 0 Å². The lowest BCUT2D eigenvalue weighted by atomic mass is 10.2. The summed E-state index contributed by atoms with van der Waals surface area (Å²) in [6, 6.07) is 0.762. The van der Waals surface area contributed by atoms with Gasteiger partial charge in [-0.2, -0.15) is 0 Å². The summed E-state index contributed by atoms with van der Waals surface area (Å²) >= 11 is 5.64. The zero-order valence-corrected chi connectivity index (χ0v) is 8.85. The van der Waals surface area contributed by atoms with Crippen molar-refractivity contribution in [2.24, 2.45) is 0 Å². The third-order valence-corrected chi connectivity index (χ3v) is 2.90. The molecule has 12 heavy (non-hydrogen) atoms. The number of rotatable bonds is 4. The van der Waals surface area contributed by atoms with Gasteiger partial charge in [-0.1, -0.05) is 0 Å². The van der Waals surface area contributed by atoms with E-state index in [4.69, 9.17) is 11.6 Å². The highest BCUT2D eigenvalue weighted by atomic mass is 35.5. The van der Waals surface area contributed by atoms with E-state index in [0.717, 1.165) is 24.9 Å². The SMILES string of the molecule is CN1CCC(N(C)CCCCl)C1. The average Bonchev–Trinajstić information content (AvgIpc) is 2.47. The van der Waals surface area contributed by atoms with Crippen LogP contribution in [0.1, 0.15) is 12.8 Å². The molecule has 0 spiro atoms. The molecule has 1 unspecified atom stereocenters. The molecule has 1 rings (SSSR count). The van der Waals surface area contributed by atoms with Crippen molar-refractivity contribution in [1.29, 1.82) is 0 Å². The minimum atomic E-state index is 0.762. The summed E-state index contributed by atoms with van der Waals surface area (Å²) in [4.78, 5) is 4.83. The van der Waals surface area contributed by atoms with Gasteiger partial charge in [0.05, 0.1) is 0 Å². The van der Waals surface area contributed by atoms with Crippen molar-refractivity contribution in [3.63, 3.8) is 0 Å². The standard InChI is InChI=1S/C9H19ClN2/c1-11-7-4-9(8-11)12(2)6-3-5-10/h9H,3-8H2,1-2H3. The molecule has 0 aromatic rings. The Labute approximate surface area is 80.5 Å². The number of nitrogens with zero attached hydrogens (tertiary/aromatic N) is 2. The molecule has 0 saturated carbocycles. The van der Waals surface area contributed by atoms with E-state index < -0.39 is 0 Å². The molecule has 72 valence electrons. The first kappa shape index (κ1) is 10.3. The Morgan fingerprint density at radius 2 is 2.33 bits per heavy atom. The Balaban J connectivity index is 2.18. The number of likely N-dealkylation sites (N-methyl/N-ethyl adjacent to an activating group) is 2. The maximum atomic E-state index is 5.64. The lowest BCUT2D eigenvalue weighted by Crippen LogP contribution is -2.34. The number of alkyl halides is 1. The second-order valence-corrected chi connectivity index (χ2v) is 4.11. The Morgan fingerprint density at radius 1 is 1.58 bits per heavy atom. The smallest absolute Gasteiger partial charge is 0.0235 e. The first-order valence-electron chi connectivity index (χ1n) is 4.69. The van der Waals surface area contributed by atoms with Gasteiger partial charge >= 0.3 is 0 Å². The van der Waals surface area contributed by atoms with Gasteiger partial charge in [0.25, 0.3) is 0 Å². The monoisotopic (exact) mass is 190 g/mol. The maximum Gasteiger partial charge on any atom is 0.0235 e. The lowest BCUT2D eigenvalue weighted by molar-refractivity contribution is 0.243. The highest BCUT2D eigenvalue weighted by Gasteiger charge is 2.22. The van der Waals surface area contributed by atoms with Gasteiger partial charge in [-0.25, -0.2) is 0 Å². The van der Waals surface area contributed by atoms with Crippen molar-refractivity contribution in [3.05, 3.63) is 0 Å². The molecule has 0 N–H and O–H groups in total. The molecule has 1 aliphatic heterocycles. The zero-order chi connectivity index (χ0) is 8.97. The highest BCUT2D eigenvalue weighted by molar-refractivity contribution is 6.17. The molecule has 1 saturated heterocycles. The molecule has 1 fully saturated rings. The number of hydrogen-bond donors (Lipinski definition) is 0. The van der Waals surface area contributed by atoms with Gasteiger partial charge in [0.1, 0.15) is 0 Å². The minimum Gasteiger partial charge on any atom is -0.305 e. The van der Waals surface area contributed by atoms with E-state index in [1.54, 1.807) is 0 Å². The first-order chi connectivity index (χ1) is 5.74. The van der Waals surface area contributed by atoms with Crippen LogP contribution >= 0.6 is 11.6 Å². The van der Waals surface area contributed by atoms with Crippen molar-refractivity contribution in [2.75, 3.05) is 39.6 Å². The van der Waals surface area contributed by atoms with Crippen LogP contribution in [0.4, 0.5) is 0 Å².